The highest BCUT2D eigenvalue weighted by Gasteiger charge is 1.86. The van der Waals surface area contributed by atoms with Crippen molar-refractivity contribution in [3.05, 3.63) is 54.3 Å². The third-order valence-corrected chi connectivity index (χ3v) is 1.74. The molecule has 0 bridgehead atoms. The molecule has 0 aliphatic rings. The van der Waals surface area contributed by atoms with Gasteiger partial charge in [0, 0.05) is 6.42 Å². The summed E-state index contributed by atoms with van der Waals surface area (Å²) in [5, 5.41) is 0. The van der Waals surface area contributed by atoms with E-state index in [1.165, 1.54) is 5.56 Å². The zero-order valence-electron chi connectivity index (χ0n) is 7.86. The normalized spacial score (nSPS) is 10.2. The fraction of sp³-hybridized carbons (Fsp3) is 0.167. The Hall–Kier alpha value is -1.50. The van der Waals surface area contributed by atoms with Crippen LogP contribution >= 0.6 is 0 Å². The second-order valence-electron chi connectivity index (χ2n) is 2.76. The summed E-state index contributed by atoms with van der Waals surface area (Å²) in [6.45, 7) is 3.73. The summed E-state index contributed by atoms with van der Waals surface area (Å²) in [4.78, 5) is 0. The molecule has 1 heteroatoms. The van der Waals surface area contributed by atoms with E-state index in [0.717, 1.165) is 12.2 Å². The highest BCUT2D eigenvalue weighted by Crippen LogP contribution is 2.05. The Labute approximate surface area is 79.4 Å². The predicted octanol–water partition coefficient (Wildman–Crippen LogP) is 3.25. The van der Waals surface area contributed by atoms with Gasteiger partial charge in [0.05, 0.1) is 12.9 Å². The summed E-state index contributed by atoms with van der Waals surface area (Å²) in [7, 11) is 1.64. The lowest BCUT2D eigenvalue weighted by Gasteiger charge is -1.98. The smallest absolute Gasteiger partial charge is 0.0921 e. The van der Waals surface area contributed by atoms with Gasteiger partial charge in [0.1, 0.15) is 0 Å². The van der Waals surface area contributed by atoms with Gasteiger partial charge in [0.2, 0.25) is 0 Å². The van der Waals surface area contributed by atoms with Crippen molar-refractivity contribution in [3.63, 3.8) is 0 Å². The van der Waals surface area contributed by atoms with Gasteiger partial charge < -0.3 is 4.74 Å². The van der Waals surface area contributed by atoms with E-state index in [1.54, 1.807) is 7.11 Å². The Bertz CT molecular complexity index is 285. The summed E-state index contributed by atoms with van der Waals surface area (Å²) in [6.07, 6.45) is 4.87. The molecule has 1 aromatic carbocycles. The van der Waals surface area contributed by atoms with E-state index >= 15 is 0 Å². The number of ether oxygens (including phenoxy) is 1. The minimum Gasteiger partial charge on any atom is -0.501 e. The van der Waals surface area contributed by atoms with Crippen molar-refractivity contribution in [3.8, 4) is 0 Å². The highest BCUT2D eigenvalue weighted by atomic mass is 16.5. The van der Waals surface area contributed by atoms with Crippen LogP contribution in [-0.4, -0.2) is 7.11 Å². The molecular weight excluding hydrogens is 160 g/mol. The fourth-order valence-electron chi connectivity index (χ4n) is 0.974. The lowest BCUT2D eigenvalue weighted by atomic mass is 10.2. The van der Waals surface area contributed by atoms with Crippen molar-refractivity contribution < 1.29 is 4.74 Å². The van der Waals surface area contributed by atoms with E-state index in [-0.39, 0.29) is 0 Å². The zero-order valence-corrected chi connectivity index (χ0v) is 7.86. The molecule has 0 spiro atoms. The van der Waals surface area contributed by atoms with Gasteiger partial charge in [-0.25, -0.2) is 0 Å². The second kappa shape index (κ2) is 5.20. The van der Waals surface area contributed by atoms with Crippen LogP contribution in [0.3, 0.4) is 0 Å². The maximum absolute atomic E-state index is 4.94. The first-order chi connectivity index (χ1) is 6.33. The molecular formula is C12H14O. The molecule has 0 N–H and O–H groups in total. The highest BCUT2D eigenvalue weighted by molar-refractivity contribution is 5.48. The standard InChI is InChI=1S/C12H14O/c1-11(13-2)7-6-10-12-8-4-3-5-9-12/h3-6,8-10H,1,7H2,2H3. The molecule has 0 saturated heterocycles. The van der Waals surface area contributed by atoms with Crippen LogP contribution in [0, 0.1) is 0 Å². The van der Waals surface area contributed by atoms with Crippen LogP contribution in [0.5, 0.6) is 0 Å². The summed E-state index contributed by atoms with van der Waals surface area (Å²) in [5.74, 6) is 0.784. The van der Waals surface area contributed by atoms with Gasteiger partial charge in [0.25, 0.3) is 0 Å². The Kier molecular flexibility index (Phi) is 3.83. The van der Waals surface area contributed by atoms with Crippen LogP contribution in [0.2, 0.25) is 0 Å². The molecule has 0 unspecified atom stereocenters. The average molecular weight is 174 g/mol. The van der Waals surface area contributed by atoms with Crippen LogP contribution in [0.25, 0.3) is 6.08 Å². The van der Waals surface area contributed by atoms with E-state index in [0.29, 0.717) is 0 Å². The van der Waals surface area contributed by atoms with Crippen LogP contribution in [-0.2, 0) is 4.74 Å². The van der Waals surface area contributed by atoms with Gasteiger partial charge >= 0.3 is 0 Å². The first-order valence-electron chi connectivity index (χ1n) is 4.26. The lowest BCUT2D eigenvalue weighted by Crippen LogP contribution is -1.80. The quantitative estimate of drug-likeness (QED) is 0.637. The predicted molar refractivity (Wildman–Crippen MR) is 56.2 cm³/mol. The molecule has 0 amide bonds. The fourth-order valence-corrected chi connectivity index (χ4v) is 0.974. The summed E-state index contributed by atoms with van der Waals surface area (Å²) >= 11 is 0. The zero-order chi connectivity index (χ0) is 9.52. The Morgan fingerprint density at radius 3 is 2.69 bits per heavy atom. The monoisotopic (exact) mass is 174 g/mol. The van der Waals surface area contributed by atoms with Crippen LogP contribution < -0.4 is 0 Å². The minimum absolute atomic E-state index is 0.769. The first-order valence-corrected chi connectivity index (χ1v) is 4.26. The van der Waals surface area contributed by atoms with Gasteiger partial charge in [-0.1, -0.05) is 49.1 Å². The number of rotatable bonds is 4. The average Bonchev–Trinajstić information content (AvgIpc) is 2.19. The van der Waals surface area contributed by atoms with E-state index in [9.17, 15) is 0 Å². The van der Waals surface area contributed by atoms with Gasteiger partial charge in [-0.15, -0.1) is 0 Å². The molecule has 0 aromatic heterocycles. The van der Waals surface area contributed by atoms with Crippen LogP contribution in [0.4, 0.5) is 0 Å². The van der Waals surface area contributed by atoms with E-state index in [1.807, 2.05) is 24.3 Å². The van der Waals surface area contributed by atoms with Crippen molar-refractivity contribution in [2.75, 3.05) is 7.11 Å². The third-order valence-electron chi connectivity index (χ3n) is 1.74. The van der Waals surface area contributed by atoms with Gasteiger partial charge in [-0.2, -0.15) is 0 Å². The van der Waals surface area contributed by atoms with Crippen molar-refractivity contribution in [2.24, 2.45) is 0 Å². The van der Waals surface area contributed by atoms with E-state index < -0.39 is 0 Å². The number of benzene rings is 1. The molecule has 68 valence electrons. The van der Waals surface area contributed by atoms with Crippen molar-refractivity contribution in [1.82, 2.24) is 0 Å². The van der Waals surface area contributed by atoms with Gasteiger partial charge in [-0.3, -0.25) is 0 Å². The first kappa shape index (κ1) is 9.59. The molecule has 0 aliphatic carbocycles. The Morgan fingerprint density at radius 1 is 1.38 bits per heavy atom. The van der Waals surface area contributed by atoms with Crippen LogP contribution in [0.15, 0.2) is 48.7 Å². The molecule has 1 rings (SSSR count). The molecule has 0 saturated carbocycles. The second-order valence-corrected chi connectivity index (χ2v) is 2.76. The van der Waals surface area contributed by atoms with Crippen molar-refractivity contribution in [2.45, 2.75) is 6.42 Å². The van der Waals surface area contributed by atoms with Crippen molar-refractivity contribution in [1.29, 1.82) is 0 Å². The molecule has 0 atom stereocenters. The molecule has 0 fully saturated rings. The molecule has 13 heavy (non-hydrogen) atoms. The number of allylic oxidation sites excluding steroid dienone is 1. The Morgan fingerprint density at radius 2 is 2.08 bits per heavy atom. The minimum atomic E-state index is 0.769. The third kappa shape index (κ3) is 3.61. The number of hydrogen-bond donors (Lipinski definition) is 0. The molecule has 0 aliphatic heterocycles. The Balaban J connectivity index is 2.45. The van der Waals surface area contributed by atoms with Gasteiger partial charge in [-0.05, 0) is 5.56 Å². The summed E-state index contributed by atoms with van der Waals surface area (Å²) in [6, 6.07) is 10.2. The van der Waals surface area contributed by atoms with Crippen LogP contribution in [0.1, 0.15) is 12.0 Å². The topological polar surface area (TPSA) is 9.23 Å². The van der Waals surface area contributed by atoms with E-state index in [2.05, 4.69) is 24.8 Å². The SMILES string of the molecule is C=C(CC=Cc1ccccc1)OC. The molecule has 1 aromatic rings. The maximum atomic E-state index is 4.94. The molecule has 1 nitrogen and oxygen atoms in total. The summed E-state index contributed by atoms with van der Waals surface area (Å²) in [5.41, 5.74) is 1.20. The van der Waals surface area contributed by atoms with Gasteiger partial charge in [0.15, 0.2) is 0 Å². The number of hydrogen-bond acceptors (Lipinski definition) is 1. The largest absolute Gasteiger partial charge is 0.501 e. The number of methoxy groups -OCH3 is 1. The summed E-state index contributed by atoms with van der Waals surface area (Å²) < 4.78 is 4.94. The maximum Gasteiger partial charge on any atom is 0.0921 e. The lowest BCUT2D eigenvalue weighted by molar-refractivity contribution is 0.287. The molecule has 0 heterocycles. The molecule has 0 radical (unpaired) electrons. The van der Waals surface area contributed by atoms with Crippen molar-refractivity contribution >= 4 is 6.08 Å². The van der Waals surface area contributed by atoms with E-state index in [4.69, 9.17) is 4.74 Å².